The molecule has 0 N–H and O–H groups in total. The number of halogens is 1. The highest BCUT2D eigenvalue weighted by Gasteiger charge is 2.52. The summed E-state index contributed by atoms with van der Waals surface area (Å²) in [6.07, 6.45) is 19.3. The highest BCUT2D eigenvalue weighted by Crippen LogP contribution is 2.36. The average molecular weight is 743 g/mol. The molecule has 0 radical (unpaired) electrons. The van der Waals surface area contributed by atoms with Gasteiger partial charge in [-0.2, -0.15) is 10.2 Å². The summed E-state index contributed by atoms with van der Waals surface area (Å²) in [6.45, 7) is 8.16. The number of carbonyl (C=O) groups excluding carboxylic acids is 2. The maximum atomic E-state index is 12.0. The van der Waals surface area contributed by atoms with Crippen molar-refractivity contribution in [3.05, 3.63) is 126 Å². The number of hydrogen-bond acceptors (Lipinski definition) is 10. The minimum atomic E-state index is -0.384. The molecule has 1 aliphatic heterocycles. The monoisotopic (exact) mass is 742 g/mol. The third kappa shape index (κ3) is 8.08. The van der Waals surface area contributed by atoms with Crippen molar-refractivity contribution in [3.63, 3.8) is 0 Å². The topological polar surface area (TPSA) is 140 Å². The highest BCUT2D eigenvalue weighted by atomic mass is 35.5. The third-order valence-corrected chi connectivity index (χ3v) is 10.2. The van der Waals surface area contributed by atoms with E-state index in [9.17, 15) is 9.59 Å². The lowest BCUT2D eigenvalue weighted by molar-refractivity contribution is 0.00578. The van der Waals surface area contributed by atoms with E-state index in [1.54, 1.807) is 52.6 Å². The van der Waals surface area contributed by atoms with E-state index < -0.39 is 0 Å². The van der Waals surface area contributed by atoms with Gasteiger partial charge in [-0.3, -0.25) is 19.6 Å². The molecule has 12 nitrogen and oxygen atoms in total. The van der Waals surface area contributed by atoms with E-state index in [2.05, 4.69) is 30.1 Å². The minimum Gasteiger partial charge on any atom is -0.399 e. The van der Waals surface area contributed by atoms with Crippen LogP contribution < -0.4 is 5.46 Å². The first kappa shape index (κ1) is 37.0. The maximum absolute atomic E-state index is 12.0. The van der Waals surface area contributed by atoms with Gasteiger partial charge in [0.15, 0.2) is 11.6 Å². The van der Waals surface area contributed by atoms with Crippen molar-refractivity contribution in [1.82, 2.24) is 39.5 Å². The molecule has 0 spiro atoms. The number of rotatable bonds is 4. The summed E-state index contributed by atoms with van der Waals surface area (Å²) in [5, 5.41) is 9.10. The largest absolute Gasteiger partial charge is 0.498 e. The Kier molecular flexibility index (Phi) is 10.6. The number of nitrogens with zero attached hydrogens (tertiary/aromatic N) is 8. The van der Waals surface area contributed by atoms with Crippen molar-refractivity contribution in [2.75, 3.05) is 0 Å². The molecule has 1 fully saturated rings. The summed E-state index contributed by atoms with van der Waals surface area (Å²) in [5.74, 6) is 0.265. The molecule has 6 aromatic heterocycles. The van der Waals surface area contributed by atoms with E-state index >= 15 is 0 Å². The van der Waals surface area contributed by atoms with Crippen LogP contribution in [0.5, 0.6) is 0 Å². The number of hydrogen-bond donors (Lipinski definition) is 0. The van der Waals surface area contributed by atoms with Crippen molar-refractivity contribution >= 4 is 35.7 Å². The number of fused-ring (bicyclic) bond motifs is 2. The standard InChI is InChI=1S/C17H14N4O.C14H18BN3O2.C9H8ClNO/c22-16-5-1-3-12-6-7-15(20-17(12)16)13-9-19-21(11-13)14-4-2-8-18-10-14;1-13(2)14(3,4)20-15(19-13)11-8-17-18(10-11)12-6-5-7-16-9-12;10-8-5-4-6-2-1-3-7(12)9(6)11-8/h2,4,6-11H,1,3,5H2;5-10H,1-4H3;4-5H,1-3H2. The Labute approximate surface area is 319 Å². The van der Waals surface area contributed by atoms with Gasteiger partial charge >= 0.3 is 7.12 Å². The van der Waals surface area contributed by atoms with E-state index in [4.69, 9.17) is 20.9 Å². The first-order chi connectivity index (χ1) is 26.0. The number of ketones is 2. The Hall–Kier alpha value is -5.37. The van der Waals surface area contributed by atoms with E-state index in [-0.39, 0.29) is 29.9 Å². The SMILES string of the molecule is CC1(C)OB(c2cnn(-c3cccnc3)c2)OC1(C)C.O=C1CCCc2ccc(-c3cnn(-c4cccnc4)c3)nc21.O=C1CCCc2ccc(Cl)nc21. The van der Waals surface area contributed by atoms with Crippen LogP contribution in [-0.2, 0) is 22.2 Å². The molecule has 9 rings (SSSR count). The molecule has 54 heavy (non-hydrogen) atoms. The first-order valence-electron chi connectivity index (χ1n) is 18.0. The van der Waals surface area contributed by atoms with Gasteiger partial charge in [0.2, 0.25) is 0 Å². The average Bonchev–Trinajstić information content (AvgIpc) is 3.92. The van der Waals surface area contributed by atoms with Crippen LogP contribution in [0.25, 0.3) is 22.6 Å². The quantitative estimate of drug-likeness (QED) is 0.142. The fourth-order valence-corrected chi connectivity index (χ4v) is 6.42. The number of pyridine rings is 4. The van der Waals surface area contributed by atoms with Crippen LogP contribution in [0.4, 0.5) is 0 Å². The molecular formula is C40H40BClN8O4. The van der Waals surface area contributed by atoms with Gasteiger partial charge in [0.25, 0.3) is 0 Å². The van der Waals surface area contributed by atoms with Crippen LogP contribution in [-0.4, -0.2) is 69.4 Å². The zero-order valence-corrected chi connectivity index (χ0v) is 31.4. The predicted molar refractivity (Wildman–Crippen MR) is 205 cm³/mol. The van der Waals surface area contributed by atoms with Crippen molar-refractivity contribution in [2.24, 2.45) is 0 Å². The van der Waals surface area contributed by atoms with Crippen molar-refractivity contribution < 1.29 is 18.9 Å². The van der Waals surface area contributed by atoms with Crippen LogP contribution in [0.1, 0.15) is 85.5 Å². The first-order valence-corrected chi connectivity index (χ1v) is 18.3. The van der Waals surface area contributed by atoms with Gasteiger partial charge in [0, 0.05) is 54.9 Å². The lowest BCUT2D eigenvalue weighted by atomic mass is 9.82. The van der Waals surface area contributed by atoms with Gasteiger partial charge in [0.1, 0.15) is 16.5 Å². The fourth-order valence-electron chi connectivity index (χ4n) is 6.27. The molecule has 14 heteroatoms. The number of Topliss-reactive ketones (excluding diaryl/α,β-unsaturated/α-hetero) is 2. The van der Waals surface area contributed by atoms with Crippen molar-refractivity contribution in [2.45, 2.75) is 77.4 Å². The van der Waals surface area contributed by atoms with Crippen LogP contribution in [0.2, 0.25) is 5.15 Å². The molecule has 7 heterocycles. The summed E-state index contributed by atoms with van der Waals surface area (Å²) in [4.78, 5) is 40.1. The second-order valence-electron chi connectivity index (χ2n) is 14.3. The summed E-state index contributed by atoms with van der Waals surface area (Å²) < 4.78 is 15.5. The zero-order valence-electron chi connectivity index (χ0n) is 30.6. The van der Waals surface area contributed by atoms with Crippen molar-refractivity contribution in [3.8, 4) is 22.6 Å². The van der Waals surface area contributed by atoms with Gasteiger partial charge in [0.05, 0.1) is 46.9 Å². The Morgan fingerprint density at radius 3 is 1.81 bits per heavy atom. The van der Waals surface area contributed by atoms with Crippen LogP contribution >= 0.6 is 11.6 Å². The zero-order chi connectivity index (χ0) is 37.9. The normalized spacial score (nSPS) is 16.7. The van der Waals surface area contributed by atoms with E-state index in [0.29, 0.717) is 29.4 Å². The lowest BCUT2D eigenvalue weighted by Crippen LogP contribution is -2.41. The van der Waals surface area contributed by atoms with Gasteiger partial charge < -0.3 is 9.31 Å². The fraction of sp³-hybridized carbons (Fsp3) is 0.300. The molecule has 0 bridgehead atoms. The van der Waals surface area contributed by atoms with Gasteiger partial charge in [-0.05, 0) is 101 Å². The highest BCUT2D eigenvalue weighted by molar-refractivity contribution is 6.62. The summed E-state index contributed by atoms with van der Waals surface area (Å²) in [6, 6.07) is 15.2. The Bertz CT molecular complexity index is 2260. The lowest BCUT2D eigenvalue weighted by Gasteiger charge is -2.32. The molecule has 0 amide bonds. The predicted octanol–water partition coefficient (Wildman–Crippen LogP) is 6.67. The molecule has 274 valence electrons. The molecule has 1 saturated heterocycles. The summed E-state index contributed by atoms with van der Waals surface area (Å²) in [7, 11) is -0.384. The molecule has 0 saturated carbocycles. The Morgan fingerprint density at radius 2 is 1.22 bits per heavy atom. The molecule has 2 aliphatic carbocycles. The molecule has 6 aromatic rings. The smallest absolute Gasteiger partial charge is 0.399 e. The van der Waals surface area contributed by atoms with E-state index in [1.807, 2.05) is 82.6 Å². The summed E-state index contributed by atoms with van der Waals surface area (Å²) in [5.41, 5.74) is 7.00. The molecule has 0 atom stereocenters. The van der Waals surface area contributed by atoms with E-state index in [1.165, 1.54) is 0 Å². The van der Waals surface area contributed by atoms with Gasteiger partial charge in [-0.1, -0.05) is 23.7 Å². The van der Waals surface area contributed by atoms with E-state index in [0.717, 1.165) is 64.9 Å². The maximum Gasteiger partial charge on any atom is 0.498 e. The van der Waals surface area contributed by atoms with Crippen molar-refractivity contribution in [1.29, 1.82) is 0 Å². The third-order valence-electron chi connectivity index (χ3n) is 9.98. The summed E-state index contributed by atoms with van der Waals surface area (Å²) >= 11 is 5.68. The second kappa shape index (κ2) is 15.5. The minimum absolute atomic E-state index is 0.124. The van der Waals surface area contributed by atoms with Crippen LogP contribution in [0, 0.1) is 0 Å². The van der Waals surface area contributed by atoms with Crippen LogP contribution in [0.15, 0.2) is 98.1 Å². The molecule has 0 aromatic carbocycles. The second-order valence-corrected chi connectivity index (χ2v) is 14.7. The molecule has 3 aliphatic rings. The molecule has 0 unspecified atom stereocenters. The molecular weight excluding hydrogens is 703 g/mol. The van der Waals surface area contributed by atoms with Crippen LogP contribution in [0.3, 0.4) is 0 Å². The van der Waals surface area contributed by atoms with Gasteiger partial charge in [-0.15, -0.1) is 0 Å². The Morgan fingerprint density at radius 1 is 0.667 bits per heavy atom. The van der Waals surface area contributed by atoms with Gasteiger partial charge in [-0.25, -0.2) is 19.3 Å². The number of aryl methyl sites for hydroxylation is 2. The number of aromatic nitrogens is 8. The number of carbonyl (C=O) groups is 2. The Balaban J connectivity index is 0.000000130.